The van der Waals surface area contributed by atoms with Gasteiger partial charge in [-0.05, 0) is 73.1 Å². The third-order valence-corrected chi connectivity index (χ3v) is 11.0. The molecule has 0 radical (unpaired) electrons. The zero-order chi connectivity index (χ0) is 28.4. The Kier molecular flexibility index (Phi) is 5.17. The lowest BCUT2D eigenvalue weighted by atomic mass is 9.49. The number of carbonyl (C=O) groups excluding carboxylic acids is 4. The van der Waals surface area contributed by atoms with Crippen LogP contribution in [-0.2, 0) is 43.5 Å². The fraction of sp³-hybridized carbons (Fsp3) is 0.517. The molecular formula is C29H25O11S-. The molecule has 8 unspecified atom stereocenters. The summed E-state index contributed by atoms with van der Waals surface area (Å²) in [5.41, 5.74) is -0.735. The van der Waals surface area contributed by atoms with Crippen molar-refractivity contribution >= 4 is 44.6 Å². The summed E-state index contributed by atoms with van der Waals surface area (Å²) in [6, 6.07) is 8.34. The number of rotatable bonds is 5. The van der Waals surface area contributed by atoms with Gasteiger partial charge in [0.1, 0.15) is 45.7 Å². The number of fused-ring (bicyclic) bond motifs is 2. The molecule has 0 N–H and O–H groups in total. The number of hydrogen-bond acceptors (Lipinski definition) is 11. The molecule has 0 amide bonds. The number of esters is 3. The highest BCUT2D eigenvalue weighted by molar-refractivity contribution is 7.85. The van der Waals surface area contributed by atoms with Crippen molar-refractivity contribution in [1.29, 1.82) is 0 Å². The molecule has 7 aliphatic rings. The highest BCUT2D eigenvalue weighted by Crippen LogP contribution is 2.60. The predicted octanol–water partition coefficient (Wildman–Crippen LogP) is 1.90. The van der Waals surface area contributed by atoms with Crippen LogP contribution in [-0.4, -0.2) is 61.1 Å². The van der Waals surface area contributed by atoms with Gasteiger partial charge in [0, 0.05) is 11.8 Å². The van der Waals surface area contributed by atoms with Gasteiger partial charge in [-0.1, -0.05) is 12.1 Å². The van der Waals surface area contributed by atoms with Gasteiger partial charge in [-0.15, -0.1) is 0 Å². The van der Waals surface area contributed by atoms with Crippen molar-refractivity contribution in [3.05, 3.63) is 36.4 Å². The smallest absolute Gasteiger partial charge is 0.318 e. The van der Waals surface area contributed by atoms with Crippen molar-refractivity contribution < 1.29 is 51.1 Å². The van der Waals surface area contributed by atoms with Crippen molar-refractivity contribution in [2.45, 2.75) is 61.4 Å². The largest absolute Gasteiger partial charge is 0.744 e. The minimum absolute atomic E-state index is 0.111. The van der Waals surface area contributed by atoms with E-state index >= 15 is 0 Å². The summed E-state index contributed by atoms with van der Waals surface area (Å²) >= 11 is 0. The Morgan fingerprint density at radius 2 is 1.63 bits per heavy atom. The fourth-order valence-electron chi connectivity index (χ4n) is 8.59. The Labute approximate surface area is 234 Å². The van der Waals surface area contributed by atoms with Gasteiger partial charge in [-0.25, -0.2) is 8.42 Å². The molecule has 11 nitrogen and oxygen atoms in total. The van der Waals surface area contributed by atoms with E-state index in [-0.39, 0.29) is 28.3 Å². The molecule has 9 rings (SSSR count). The molecule has 0 aromatic heterocycles. The van der Waals surface area contributed by atoms with Crippen LogP contribution >= 0.6 is 0 Å². The molecule has 3 heterocycles. The molecule has 12 heteroatoms. The van der Waals surface area contributed by atoms with Crippen LogP contribution in [0.5, 0.6) is 5.75 Å². The maximum Gasteiger partial charge on any atom is 0.318 e. The molecule has 2 aromatic carbocycles. The van der Waals surface area contributed by atoms with Crippen LogP contribution in [0.4, 0.5) is 0 Å². The lowest BCUT2D eigenvalue weighted by Gasteiger charge is -2.54. The van der Waals surface area contributed by atoms with E-state index in [1.807, 2.05) is 0 Å². The molecule has 6 bridgehead atoms. The standard InChI is InChI=1S/C29H26O11S/c30-21-15-5-12-6-16(21)11-29(9-12,10-15)28(33)40-25-23-19(20-22(38-23)24(25)39-27(20)32)26(31)37-17-3-1-14-8-18(41(34,35)36)4-2-13(14)7-17/h1-4,7-8,12,15-16,19-20,22-25H,5-6,9-11H2,(H,34,35,36)/p-1. The number of benzene rings is 2. The summed E-state index contributed by atoms with van der Waals surface area (Å²) in [4.78, 5) is 52.1. The summed E-state index contributed by atoms with van der Waals surface area (Å²) in [6.45, 7) is 0. The normalized spacial score (nSPS) is 39.8. The number of hydrogen-bond donors (Lipinski definition) is 0. The molecule has 3 aliphatic heterocycles. The second-order valence-electron chi connectivity index (χ2n) is 12.5. The highest BCUT2D eigenvalue weighted by Gasteiger charge is 2.72. The number of ketones is 1. The van der Waals surface area contributed by atoms with E-state index in [1.165, 1.54) is 36.4 Å². The van der Waals surface area contributed by atoms with Gasteiger partial charge in [0.2, 0.25) is 0 Å². The van der Waals surface area contributed by atoms with Crippen molar-refractivity contribution in [2.24, 2.45) is 35.0 Å². The van der Waals surface area contributed by atoms with E-state index in [9.17, 15) is 32.1 Å². The zero-order valence-corrected chi connectivity index (χ0v) is 22.4. The number of carbonyl (C=O) groups is 4. The van der Waals surface area contributed by atoms with Gasteiger partial charge < -0.3 is 23.5 Å². The monoisotopic (exact) mass is 581 g/mol. The van der Waals surface area contributed by atoms with E-state index in [4.69, 9.17) is 18.9 Å². The fourth-order valence-corrected chi connectivity index (χ4v) is 9.10. The van der Waals surface area contributed by atoms with Crippen molar-refractivity contribution in [3.63, 3.8) is 0 Å². The quantitative estimate of drug-likeness (QED) is 0.288. The average molecular weight is 582 g/mol. The SMILES string of the molecule is O=C1C2CC3CC1CC(C(=O)OC1C4OC(=O)C5C4OC1C5C(=O)Oc1ccc4cc(S(=O)(=O)[O-])ccc4c1)(C3)C2. The molecule has 4 aliphatic carbocycles. The van der Waals surface area contributed by atoms with Crippen LogP contribution in [0.1, 0.15) is 32.1 Å². The van der Waals surface area contributed by atoms with Crippen LogP contribution in [0.25, 0.3) is 10.8 Å². The van der Waals surface area contributed by atoms with Crippen LogP contribution in [0.15, 0.2) is 41.3 Å². The Balaban J connectivity index is 1.03. The Bertz CT molecular complexity index is 1650. The first kappa shape index (κ1) is 25.4. The predicted molar refractivity (Wildman–Crippen MR) is 134 cm³/mol. The molecular weight excluding hydrogens is 556 g/mol. The first-order chi connectivity index (χ1) is 19.5. The topological polar surface area (TPSA) is 162 Å². The van der Waals surface area contributed by atoms with Gasteiger partial charge >= 0.3 is 17.9 Å². The van der Waals surface area contributed by atoms with Crippen LogP contribution in [0, 0.1) is 35.0 Å². The van der Waals surface area contributed by atoms with E-state index in [1.54, 1.807) is 0 Å². The van der Waals surface area contributed by atoms with E-state index in [2.05, 4.69) is 0 Å². The third-order valence-electron chi connectivity index (χ3n) is 10.1. The summed E-state index contributed by atoms with van der Waals surface area (Å²) in [5, 5.41) is 0.999. The Hall–Kier alpha value is -3.35. The number of Topliss-reactive ketones (excluding diaryl/α,β-unsaturated/α-hetero) is 1. The van der Waals surface area contributed by atoms with Gasteiger partial charge in [-0.2, -0.15) is 0 Å². The second-order valence-corrected chi connectivity index (χ2v) is 13.8. The zero-order valence-electron chi connectivity index (χ0n) is 21.6. The van der Waals surface area contributed by atoms with Crippen molar-refractivity contribution in [2.75, 3.05) is 0 Å². The first-order valence-electron chi connectivity index (χ1n) is 13.8. The third kappa shape index (κ3) is 3.66. The van der Waals surface area contributed by atoms with E-state index in [0.717, 1.165) is 12.8 Å². The molecule has 3 saturated heterocycles. The van der Waals surface area contributed by atoms with Gasteiger partial charge in [0.05, 0.1) is 10.3 Å². The minimum atomic E-state index is -4.62. The molecule has 2 aromatic rings. The molecule has 214 valence electrons. The van der Waals surface area contributed by atoms with E-state index < -0.39 is 69.7 Å². The molecule has 7 fully saturated rings. The van der Waals surface area contributed by atoms with Crippen molar-refractivity contribution in [1.82, 2.24) is 0 Å². The Morgan fingerprint density at radius 3 is 2.37 bits per heavy atom. The maximum absolute atomic E-state index is 13.7. The van der Waals surface area contributed by atoms with Crippen LogP contribution in [0.2, 0.25) is 0 Å². The highest BCUT2D eigenvalue weighted by atomic mass is 32.2. The lowest BCUT2D eigenvalue weighted by Crippen LogP contribution is -2.56. The summed E-state index contributed by atoms with van der Waals surface area (Å²) in [5.74, 6) is -3.17. The summed E-state index contributed by atoms with van der Waals surface area (Å²) in [7, 11) is -4.62. The van der Waals surface area contributed by atoms with Gasteiger partial charge in [0.25, 0.3) is 0 Å². The minimum Gasteiger partial charge on any atom is -0.744 e. The second kappa shape index (κ2) is 8.36. The molecule has 4 saturated carbocycles. The summed E-state index contributed by atoms with van der Waals surface area (Å²) in [6.07, 6.45) is -0.131. The lowest BCUT2D eigenvalue weighted by molar-refractivity contribution is -0.186. The summed E-state index contributed by atoms with van der Waals surface area (Å²) < 4.78 is 57.2. The first-order valence-corrected chi connectivity index (χ1v) is 15.2. The van der Waals surface area contributed by atoms with Gasteiger partial charge in [0.15, 0.2) is 12.2 Å². The van der Waals surface area contributed by atoms with Gasteiger partial charge in [-0.3, -0.25) is 19.2 Å². The van der Waals surface area contributed by atoms with Crippen LogP contribution < -0.4 is 4.74 Å². The maximum atomic E-state index is 13.7. The average Bonchev–Trinajstić information content (AvgIpc) is 3.54. The van der Waals surface area contributed by atoms with E-state index in [0.29, 0.717) is 36.0 Å². The molecule has 8 atom stereocenters. The number of ether oxygens (including phenoxy) is 4. The van der Waals surface area contributed by atoms with Crippen LogP contribution in [0.3, 0.4) is 0 Å². The molecule has 0 spiro atoms. The van der Waals surface area contributed by atoms with Crippen molar-refractivity contribution in [3.8, 4) is 5.75 Å². The molecule has 41 heavy (non-hydrogen) atoms. The Morgan fingerprint density at radius 1 is 0.927 bits per heavy atom.